The molecule has 0 aliphatic heterocycles. The van der Waals surface area contributed by atoms with Crippen LogP contribution in [-0.4, -0.2) is 14.8 Å². The van der Waals surface area contributed by atoms with Crippen molar-refractivity contribution in [2.75, 3.05) is 0 Å². The van der Waals surface area contributed by atoms with Crippen LogP contribution in [0.5, 0.6) is 5.75 Å². The molecule has 0 radical (unpaired) electrons. The molecule has 0 amide bonds. The molecule has 0 saturated carbocycles. The van der Waals surface area contributed by atoms with E-state index in [0.717, 1.165) is 6.07 Å². The number of hydrogen-bond donors (Lipinski definition) is 0. The van der Waals surface area contributed by atoms with Crippen molar-refractivity contribution in [3.63, 3.8) is 0 Å². The summed E-state index contributed by atoms with van der Waals surface area (Å²) < 4.78 is 62.1. The number of rotatable bonds is 2. The Labute approximate surface area is 109 Å². The highest BCUT2D eigenvalue weighted by Crippen LogP contribution is 2.37. The summed E-state index contributed by atoms with van der Waals surface area (Å²) in [7, 11) is 0.428. The quantitative estimate of drug-likeness (QED) is 0.786. The van der Waals surface area contributed by atoms with Crippen LogP contribution in [0.4, 0.5) is 13.2 Å². The van der Waals surface area contributed by atoms with E-state index in [0.29, 0.717) is 6.07 Å². The van der Waals surface area contributed by atoms with Gasteiger partial charge in [-0.25, -0.2) is 8.42 Å². The van der Waals surface area contributed by atoms with Crippen LogP contribution in [0.2, 0.25) is 5.02 Å². The summed E-state index contributed by atoms with van der Waals surface area (Å²) in [5, 5.41) is 8.28. The first-order chi connectivity index (χ1) is 8.06. The second-order valence-corrected chi connectivity index (χ2v) is 5.79. The molecule has 0 aliphatic rings. The van der Waals surface area contributed by atoms with Crippen molar-refractivity contribution < 1.29 is 26.3 Å². The Kier molecular flexibility index (Phi) is 4.00. The molecule has 0 aromatic heterocycles. The van der Waals surface area contributed by atoms with Crippen molar-refractivity contribution in [2.24, 2.45) is 0 Å². The third kappa shape index (κ3) is 3.41. The predicted molar refractivity (Wildman–Crippen MR) is 55.9 cm³/mol. The van der Waals surface area contributed by atoms with Gasteiger partial charge >= 0.3 is 6.36 Å². The molecule has 0 aliphatic carbocycles. The van der Waals surface area contributed by atoms with Crippen molar-refractivity contribution in [2.45, 2.75) is 11.3 Å². The van der Waals surface area contributed by atoms with E-state index in [-0.39, 0.29) is 5.02 Å². The van der Waals surface area contributed by atoms with Crippen LogP contribution in [0, 0.1) is 11.3 Å². The van der Waals surface area contributed by atoms with Crippen LogP contribution in [-0.2, 0) is 9.05 Å². The Bertz CT molecular complexity index is 622. The maximum Gasteiger partial charge on any atom is 0.573 e. The van der Waals surface area contributed by atoms with Gasteiger partial charge in [-0.1, -0.05) is 11.6 Å². The van der Waals surface area contributed by atoms with Crippen LogP contribution in [0.25, 0.3) is 0 Å². The standard InChI is InChI=1S/C8H2Cl2F3NO3S/c9-5-1-2-6(18(10,15)16)7(4(5)3-14)17-8(11,12)13/h1-2H. The predicted octanol–water partition coefficient (Wildman–Crippen LogP) is 3.04. The summed E-state index contributed by atoms with van der Waals surface area (Å²) in [6.07, 6.45) is -5.19. The van der Waals surface area contributed by atoms with Crippen molar-refractivity contribution >= 4 is 31.3 Å². The molecule has 0 saturated heterocycles. The lowest BCUT2D eigenvalue weighted by atomic mass is 10.2. The van der Waals surface area contributed by atoms with Crippen LogP contribution >= 0.6 is 22.3 Å². The van der Waals surface area contributed by atoms with Gasteiger partial charge in [-0.3, -0.25) is 0 Å². The largest absolute Gasteiger partial charge is 0.573 e. The normalized spacial score (nSPS) is 12.0. The maximum atomic E-state index is 12.1. The molecular weight excluding hydrogens is 318 g/mol. The van der Waals surface area contributed by atoms with Gasteiger partial charge in [0, 0.05) is 10.7 Å². The van der Waals surface area contributed by atoms with E-state index in [1.807, 2.05) is 0 Å². The number of benzene rings is 1. The summed E-state index contributed by atoms with van der Waals surface area (Å²) in [4.78, 5) is -0.984. The number of nitrogens with zero attached hydrogens (tertiary/aromatic N) is 1. The highest BCUT2D eigenvalue weighted by molar-refractivity contribution is 8.13. The van der Waals surface area contributed by atoms with E-state index >= 15 is 0 Å². The second kappa shape index (κ2) is 4.84. The van der Waals surface area contributed by atoms with Gasteiger partial charge in [-0.2, -0.15) is 5.26 Å². The SMILES string of the molecule is N#Cc1c(Cl)ccc(S(=O)(=O)Cl)c1OC(F)(F)F. The first-order valence-corrected chi connectivity index (χ1v) is 6.68. The summed E-state index contributed by atoms with van der Waals surface area (Å²) >= 11 is 5.47. The average Bonchev–Trinajstić information content (AvgIpc) is 2.13. The van der Waals surface area contributed by atoms with Gasteiger partial charge in [0.15, 0.2) is 5.75 Å². The smallest absolute Gasteiger partial charge is 0.403 e. The number of ether oxygens (including phenoxy) is 1. The van der Waals surface area contributed by atoms with E-state index in [1.165, 1.54) is 6.07 Å². The number of alkyl halides is 3. The summed E-state index contributed by atoms with van der Waals surface area (Å²) in [6.45, 7) is 0. The van der Waals surface area contributed by atoms with Gasteiger partial charge in [0.05, 0.1) is 5.02 Å². The first-order valence-electron chi connectivity index (χ1n) is 3.99. The highest BCUT2D eigenvalue weighted by atomic mass is 35.7. The van der Waals surface area contributed by atoms with Crippen molar-refractivity contribution in [3.05, 3.63) is 22.7 Å². The minimum absolute atomic E-state index is 0.388. The number of hydrogen-bond acceptors (Lipinski definition) is 4. The molecule has 0 atom stereocenters. The van der Waals surface area contributed by atoms with Crippen molar-refractivity contribution in [3.8, 4) is 11.8 Å². The fourth-order valence-electron chi connectivity index (χ4n) is 1.05. The van der Waals surface area contributed by atoms with Crippen molar-refractivity contribution in [1.29, 1.82) is 5.26 Å². The van der Waals surface area contributed by atoms with E-state index in [4.69, 9.17) is 27.5 Å². The zero-order valence-corrected chi connectivity index (χ0v) is 10.5. The molecule has 4 nitrogen and oxygen atoms in total. The molecule has 0 bridgehead atoms. The molecule has 1 aromatic rings. The van der Waals surface area contributed by atoms with Crippen LogP contribution in [0.1, 0.15) is 5.56 Å². The minimum Gasteiger partial charge on any atom is -0.403 e. The van der Waals surface area contributed by atoms with Crippen LogP contribution < -0.4 is 4.74 Å². The molecule has 1 rings (SSSR count). The molecule has 0 heterocycles. The lowest BCUT2D eigenvalue weighted by molar-refractivity contribution is -0.275. The third-order valence-electron chi connectivity index (χ3n) is 1.66. The fraction of sp³-hybridized carbons (Fsp3) is 0.125. The highest BCUT2D eigenvalue weighted by Gasteiger charge is 2.36. The lowest BCUT2D eigenvalue weighted by Crippen LogP contribution is -2.19. The summed E-state index contributed by atoms with van der Waals surface area (Å²) in [5.41, 5.74) is -0.768. The Morgan fingerprint density at radius 3 is 2.28 bits per heavy atom. The van der Waals surface area contributed by atoms with Gasteiger partial charge in [-0.15, -0.1) is 13.2 Å². The Balaban J connectivity index is 3.62. The second-order valence-electron chi connectivity index (χ2n) is 2.85. The molecule has 10 heteroatoms. The summed E-state index contributed by atoms with van der Waals surface area (Å²) in [5.74, 6) is -1.24. The zero-order chi connectivity index (χ0) is 14.1. The molecule has 1 aromatic carbocycles. The van der Waals surface area contributed by atoms with Crippen LogP contribution in [0.3, 0.4) is 0 Å². The molecule has 0 spiro atoms. The van der Waals surface area contributed by atoms with Gasteiger partial charge in [0.2, 0.25) is 0 Å². The Morgan fingerprint density at radius 2 is 1.89 bits per heavy atom. The molecule has 0 N–H and O–H groups in total. The van der Waals surface area contributed by atoms with E-state index in [2.05, 4.69) is 4.74 Å². The van der Waals surface area contributed by atoms with E-state index in [9.17, 15) is 21.6 Å². The molecule has 98 valence electrons. The first kappa shape index (κ1) is 14.9. The molecule has 18 heavy (non-hydrogen) atoms. The maximum absolute atomic E-state index is 12.1. The Hall–Kier alpha value is -1.17. The molecule has 0 unspecified atom stereocenters. The van der Waals surface area contributed by atoms with Gasteiger partial charge in [-0.05, 0) is 12.1 Å². The van der Waals surface area contributed by atoms with Gasteiger partial charge < -0.3 is 4.74 Å². The average molecular weight is 320 g/mol. The lowest BCUT2D eigenvalue weighted by Gasteiger charge is -2.13. The minimum atomic E-state index is -5.19. The van der Waals surface area contributed by atoms with E-state index < -0.39 is 31.6 Å². The van der Waals surface area contributed by atoms with Crippen LogP contribution in [0.15, 0.2) is 17.0 Å². The monoisotopic (exact) mass is 319 g/mol. The van der Waals surface area contributed by atoms with E-state index in [1.54, 1.807) is 0 Å². The topological polar surface area (TPSA) is 67.2 Å². The summed E-state index contributed by atoms with van der Waals surface area (Å²) in [6, 6.07) is 2.96. The molecule has 0 fully saturated rings. The molecular formula is C8H2Cl2F3NO3S. The van der Waals surface area contributed by atoms with Crippen molar-refractivity contribution in [1.82, 2.24) is 0 Å². The Morgan fingerprint density at radius 1 is 1.33 bits per heavy atom. The number of nitriles is 1. The fourth-order valence-corrected chi connectivity index (χ4v) is 2.20. The van der Waals surface area contributed by atoms with Gasteiger partial charge in [0.25, 0.3) is 9.05 Å². The third-order valence-corrected chi connectivity index (χ3v) is 3.32. The van der Waals surface area contributed by atoms with Gasteiger partial charge in [0.1, 0.15) is 16.5 Å². The zero-order valence-electron chi connectivity index (χ0n) is 8.12. The number of halogens is 5.